The summed E-state index contributed by atoms with van der Waals surface area (Å²) in [5, 5.41) is 7.01. The minimum Gasteiger partial charge on any atom is -0.365 e. The Balaban J connectivity index is 3.11. The summed E-state index contributed by atoms with van der Waals surface area (Å²) >= 11 is 16.2. The van der Waals surface area contributed by atoms with Crippen LogP contribution in [0.15, 0.2) is 22.2 Å². The van der Waals surface area contributed by atoms with E-state index >= 15 is 0 Å². The summed E-state index contributed by atoms with van der Waals surface area (Å²) in [4.78, 5) is 10.9. The van der Waals surface area contributed by atoms with Crippen LogP contribution in [-0.2, 0) is 4.79 Å². The van der Waals surface area contributed by atoms with Gasteiger partial charge in [-0.25, -0.2) is 0 Å². The number of hydrogen-bond donors (Lipinski definition) is 1. The van der Waals surface area contributed by atoms with Crippen LogP contribution in [0.4, 0.5) is 0 Å². The van der Waals surface area contributed by atoms with E-state index in [1.54, 1.807) is 0 Å². The van der Waals surface area contributed by atoms with Gasteiger partial charge in [0.2, 0.25) is 10.8 Å². The molecule has 0 aromatic carbocycles. The van der Waals surface area contributed by atoms with Crippen molar-refractivity contribution < 1.29 is 9.90 Å². The zero-order valence-electron chi connectivity index (χ0n) is 5.14. The summed E-state index contributed by atoms with van der Waals surface area (Å²) in [5.41, 5.74) is 0. The largest absolute Gasteiger partial charge is 0.365 e. The van der Waals surface area contributed by atoms with E-state index in [0.717, 1.165) is 6.08 Å². The number of rotatable bonds is 0. The van der Waals surface area contributed by atoms with Gasteiger partial charge in [0, 0.05) is 5.03 Å². The molecule has 2 nitrogen and oxygen atoms in total. The summed E-state index contributed by atoms with van der Waals surface area (Å²) in [6.45, 7) is 0. The second kappa shape index (κ2) is 2.79. The van der Waals surface area contributed by atoms with Gasteiger partial charge in [-0.3, -0.25) is 4.79 Å². The van der Waals surface area contributed by atoms with E-state index in [4.69, 9.17) is 39.9 Å². The van der Waals surface area contributed by atoms with Gasteiger partial charge in [0.25, 0.3) is 0 Å². The fourth-order valence-electron chi connectivity index (χ4n) is 0.644. The molecule has 1 aliphatic rings. The first kappa shape index (κ1) is 9.07. The van der Waals surface area contributed by atoms with E-state index in [9.17, 15) is 4.79 Å². The Morgan fingerprint density at radius 1 is 1.45 bits per heavy atom. The standard InChI is InChI=1S/C6H3Cl3O2/c7-3-1-4(8)5(10)6(9,11)2-3/h1-2,11H. The molecule has 60 valence electrons. The van der Waals surface area contributed by atoms with Crippen molar-refractivity contribution in [3.8, 4) is 0 Å². The van der Waals surface area contributed by atoms with E-state index in [1.807, 2.05) is 0 Å². The van der Waals surface area contributed by atoms with E-state index in [-0.39, 0.29) is 10.1 Å². The molecule has 0 bridgehead atoms. The molecule has 1 atom stereocenters. The molecule has 0 saturated carbocycles. The molecule has 0 aromatic heterocycles. The first-order valence-electron chi connectivity index (χ1n) is 2.65. The minimum absolute atomic E-state index is 0.145. The van der Waals surface area contributed by atoms with Gasteiger partial charge in [-0.2, -0.15) is 0 Å². The number of aliphatic hydroxyl groups is 1. The number of ketones is 1. The quantitative estimate of drug-likeness (QED) is 0.623. The number of carbonyl (C=O) groups excluding carboxylic acids is 1. The summed E-state index contributed by atoms with van der Waals surface area (Å²) in [6.07, 6.45) is 2.24. The number of Topliss-reactive ketones (excluding diaryl/α,β-unsaturated/α-hetero) is 1. The molecular weight excluding hydrogens is 210 g/mol. The van der Waals surface area contributed by atoms with Gasteiger partial charge in [-0.1, -0.05) is 34.8 Å². The average Bonchev–Trinajstić information content (AvgIpc) is 1.81. The molecule has 1 unspecified atom stereocenters. The molecule has 0 radical (unpaired) electrons. The lowest BCUT2D eigenvalue weighted by atomic mass is 10.1. The fourth-order valence-corrected chi connectivity index (χ4v) is 1.55. The Hall–Kier alpha value is -0.0200. The van der Waals surface area contributed by atoms with Crippen molar-refractivity contribution >= 4 is 40.6 Å². The molecule has 1 aliphatic carbocycles. The van der Waals surface area contributed by atoms with Gasteiger partial charge < -0.3 is 5.11 Å². The van der Waals surface area contributed by atoms with Crippen LogP contribution in [0.25, 0.3) is 0 Å². The van der Waals surface area contributed by atoms with Gasteiger partial charge in [-0.15, -0.1) is 0 Å². The van der Waals surface area contributed by atoms with Gasteiger partial charge in [0.1, 0.15) is 0 Å². The number of alkyl halides is 1. The molecule has 5 heteroatoms. The Kier molecular flexibility index (Phi) is 2.30. The molecule has 0 heterocycles. The van der Waals surface area contributed by atoms with Crippen molar-refractivity contribution in [2.75, 3.05) is 0 Å². The lowest BCUT2D eigenvalue weighted by Gasteiger charge is -2.17. The third-order valence-corrected chi connectivity index (χ3v) is 1.91. The maximum absolute atomic E-state index is 10.9. The number of allylic oxidation sites excluding steroid dienone is 2. The molecular formula is C6H3Cl3O2. The second-order valence-corrected chi connectivity index (χ2v) is 3.44. The highest BCUT2D eigenvalue weighted by Crippen LogP contribution is 2.29. The van der Waals surface area contributed by atoms with Crippen LogP contribution in [0.1, 0.15) is 0 Å². The Bertz CT molecular complexity index is 265. The van der Waals surface area contributed by atoms with Crippen molar-refractivity contribution in [3.63, 3.8) is 0 Å². The first-order valence-corrected chi connectivity index (χ1v) is 3.78. The molecule has 0 fully saturated rings. The summed E-state index contributed by atoms with van der Waals surface area (Å²) < 4.78 is 0. The van der Waals surface area contributed by atoms with Crippen LogP contribution in [-0.4, -0.2) is 16.0 Å². The van der Waals surface area contributed by atoms with Crippen LogP contribution < -0.4 is 0 Å². The Labute approximate surface area is 78.0 Å². The molecule has 0 aromatic rings. The third-order valence-electron chi connectivity index (χ3n) is 1.13. The lowest BCUT2D eigenvalue weighted by Crippen LogP contribution is -2.32. The monoisotopic (exact) mass is 212 g/mol. The Morgan fingerprint density at radius 3 is 2.45 bits per heavy atom. The van der Waals surface area contributed by atoms with E-state index in [1.165, 1.54) is 6.08 Å². The summed E-state index contributed by atoms with van der Waals surface area (Å²) in [6, 6.07) is 0. The van der Waals surface area contributed by atoms with Crippen molar-refractivity contribution in [3.05, 3.63) is 22.2 Å². The maximum Gasteiger partial charge on any atom is 0.225 e. The lowest BCUT2D eigenvalue weighted by molar-refractivity contribution is -0.123. The van der Waals surface area contributed by atoms with Crippen molar-refractivity contribution in [2.45, 2.75) is 5.06 Å². The molecule has 1 rings (SSSR count). The zero-order valence-corrected chi connectivity index (χ0v) is 7.41. The third kappa shape index (κ3) is 1.76. The topological polar surface area (TPSA) is 37.3 Å². The van der Waals surface area contributed by atoms with Gasteiger partial charge in [0.15, 0.2) is 0 Å². The highest BCUT2D eigenvalue weighted by Gasteiger charge is 2.35. The van der Waals surface area contributed by atoms with Gasteiger partial charge >= 0.3 is 0 Å². The molecule has 0 amide bonds. The Morgan fingerprint density at radius 2 is 2.00 bits per heavy atom. The molecule has 0 spiro atoms. The number of hydrogen-bond acceptors (Lipinski definition) is 2. The molecule has 1 N–H and O–H groups in total. The van der Waals surface area contributed by atoms with Gasteiger partial charge in [-0.05, 0) is 12.2 Å². The molecule has 0 aliphatic heterocycles. The fraction of sp³-hybridized carbons (Fsp3) is 0.167. The zero-order chi connectivity index (χ0) is 8.65. The SMILES string of the molecule is O=C1C(Cl)=CC(Cl)=CC1(O)Cl. The van der Waals surface area contributed by atoms with Gasteiger partial charge in [0.05, 0.1) is 5.03 Å². The summed E-state index contributed by atoms with van der Waals surface area (Å²) in [7, 11) is 0. The second-order valence-electron chi connectivity index (χ2n) is 2.02. The van der Waals surface area contributed by atoms with E-state index in [0.29, 0.717) is 0 Å². The van der Waals surface area contributed by atoms with E-state index in [2.05, 4.69) is 0 Å². The predicted octanol–water partition coefficient (Wildman–Crippen LogP) is 1.74. The van der Waals surface area contributed by atoms with Crippen molar-refractivity contribution in [1.82, 2.24) is 0 Å². The number of carbonyl (C=O) groups is 1. The normalized spacial score (nSPS) is 31.5. The molecule has 11 heavy (non-hydrogen) atoms. The smallest absolute Gasteiger partial charge is 0.225 e. The molecule has 0 saturated heterocycles. The van der Waals surface area contributed by atoms with E-state index < -0.39 is 10.8 Å². The summed E-state index contributed by atoms with van der Waals surface area (Å²) in [5.74, 6) is -0.759. The van der Waals surface area contributed by atoms with Crippen LogP contribution >= 0.6 is 34.8 Å². The first-order chi connectivity index (χ1) is 4.93. The van der Waals surface area contributed by atoms with Crippen LogP contribution in [0.3, 0.4) is 0 Å². The highest BCUT2D eigenvalue weighted by atomic mass is 35.5. The number of halogens is 3. The highest BCUT2D eigenvalue weighted by molar-refractivity contribution is 6.52. The minimum atomic E-state index is -2.08. The average molecular weight is 213 g/mol. The van der Waals surface area contributed by atoms with Crippen LogP contribution in [0, 0.1) is 0 Å². The van der Waals surface area contributed by atoms with Crippen LogP contribution in [0.2, 0.25) is 0 Å². The maximum atomic E-state index is 10.9. The van der Waals surface area contributed by atoms with Crippen molar-refractivity contribution in [1.29, 1.82) is 0 Å². The van der Waals surface area contributed by atoms with Crippen LogP contribution in [0.5, 0.6) is 0 Å². The van der Waals surface area contributed by atoms with Crippen molar-refractivity contribution in [2.24, 2.45) is 0 Å². The predicted molar refractivity (Wildman–Crippen MR) is 43.7 cm³/mol.